The summed E-state index contributed by atoms with van der Waals surface area (Å²) in [6, 6.07) is 9.91. The Hall–Kier alpha value is -2.63. The van der Waals surface area contributed by atoms with E-state index in [1.54, 1.807) is 0 Å². The number of rotatable bonds is 3. The number of aryl methyl sites for hydroxylation is 1. The second-order valence-electron chi connectivity index (χ2n) is 6.83. The first kappa shape index (κ1) is 15.9. The molecule has 2 fully saturated rings. The molecule has 2 saturated heterocycles. The van der Waals surface area contributed by atoms with Gasteiger partial charge in [-0.05, 0) is 25.5 Å². The molecule has 2 aromatic rings. The molecule has 6 heteroatoms. The summed E-state index contributed by atoms with van der Waals surface area (Å²) in [4.78, 5) is 30.6. The molecule has 130 valence electrons. The molecule has 0 unspecified atom stereocenters. The number of nitrogens with zero attached hydrogens (tertiary/aromatic N) is 2. The third-order valence-corrected chi connectivity index (χ3v) is 5.11. The molecular weight excluding hydrogens is 318 g/mol. The molecule has 2 amide bonds. The molecule has 3 heterocycles. The van der Waals surface area contributed by atoms with Crippen LogP contribution in [0.1, 0.15) is 24.3 Å². The van der Waals surface area contributed by atoms with Gasteiger partial charge in [0.25, 0.3) is 0 Å². The number of carbonyl (C=O) groups is 2. The number of fused-ring (bicyclic) bond motifs is 1. The van der Waals surface area contributed by atoms with Crippen molar-refractivity contribution in [1.29, 1.82) is 0 Å². The molecular formula is C19H21N3O3. The summed E-state index contributed by atoms with van der Waals surface area (Å²) < 4.78 is 5.74. The van der Waals surface area contributed by atoms with Crippen LogP contribution in [-0.4, -0.2) is 40.8 Å². The molecule has 0 spiro atoms. The molecule has 4 rings (SSSR count). The number of nitrogens with one attached hydrogen (secondary N) is 1. The predicted octanol–water partition coefficient (Wildman–Crippen LogP) is 1.93. The number of benzene rings is 1. The first-order valence-electron chi connectivity index (χ1n) is 8.69. The van der Waals surface area contributed by atoms with E-state index in [4.69, 9.17) is 4.42 Å². The molecule has 1 aromatic heterocycles. The maximum absolute atomic E-state index is 12.7. The van der Waals surface area contributed by atoms with Crippen LogP contribution in [0.25, 0.3) is 11.5 Å². The van der Waals surface area contributed by atoms with Gasteiger partial charge < -0.3 is 14.6 Å². The number of carbonyl (C=O) groups excluding carboxylic acids is 2. The van der Waals surface area contributed by atoms with Gasteiger partial charge in [-0.1, -0.05) is 18.2 Å². The van der Waals surface area contributed by atoms with E-state index in [9.17, 15) is 9.59 Å². The van der Waals surface area contributed by atoms with E-state index in [2.05, 4.69) is 10.3 Å². The maximum atomic E-state index is 12.7. The first-order valence-corrected chi connectivity index (χ1v) is 8.69. The molecule has 2 aliphatic rings. The lowest BCUT2D eigenvalue weighted by Crippen LogP contribution is -2.47. The van der Waals surface area contributed by atoms with Crippen molar-refractivity contribution in [2.75, 3.05) is 13.1 Å². The quantitative estimate of drug-likeness (QED) is 0.927. The largest absolute Gasteiger partial charge is 0.441 e. The summed E-state index contributed by atoms with van der Waals surface area (Å²) >= 11 is 0. The Morgan fingerprint density at radius 1 is 1.36 bits per heavy atom. The molecule has 0 bridgehead atoms. The fourth-order valence-corrected chi connectivity index (χ4v) is 3.71. The lowest BCUT2D eigenvalue weighted by molar-refractivity contribution is -0.132. The van der Waals surface area contributed by atoms with Gasteiger partial charge in [0.15, 0.2) is 0 Å². The molecule has 2 atom stereocenters. The highest BCUT2D eigenvalue weighted by atomic mass is 16.4. The lowest BCUT2D eigenvalue weighted by atomic mass is 9.93. The SMILES string of the molecule is Cc1oc(-c2ccccc2)nc1CC(=O)N1CC[C@@H]2NC(=O)C[C@@H]2C1. The minimum Gasteiger partial charge on any atom is -0.441 e. The molecule has 6 nitrogen and oxygen atoms in total. The van der Waals surface area contributed by atoms with E-state index in [1.807, 2.05) is 42.2 Å². The Labute approximate surface area is 146 Å². The van der Waals surface area contributed by atoms with Crippen LogP contribution >= 0.6 is 0 Å². The van der Waals surface area contributed by atoms with Crippen LogP contribution in [-0.2, 0) is 16.0 Å². The van der Waals surface area contributed by atoms with Crippen molar-refractivity contribution in [2.24, 2.45) is 5.92 Å². The van der Waals surface area contributed by atoms with Gasteiger partial charge in [0.1, 0.15) is 5.76 Å². The van der Waals surface area contributed by atoms with Gasteiger partial charge in [-0.3, -0.25) is 9.59 Å². The zero-order valence-corrected chi connectivity index (χ0v) is 14.2. The van der Waals surface area contributed by atoms with E-state index in [1.165, 1.54) is 0 Å². The monoisotopic (exact) mass is 339 g/mol. The second-order valence-corrected chi connectivity index (χ2v) is 6.83. The van der Waals surface area contributed by atoms with Crippen molar-refractivity contribution in [3.8, 4) is 11.5 Å². The van der Waals surface area contributed by atoms with Gasteiger partial charge >= 0.3 is 0 Å². The van der Waals surface area contributed by atoms with E-state index in [0.717, 1.165) is 12.0 Å². The third-order valence-electron chi connectivity index (χ3n) is 5.11. The summed E-state index contributed by atoms with van der Waals surface area (Å²) in [5, 5.41) is 2.99. The van der Waals surface area contributed by atoms with Gasteiger partial charge in [-0.2, -0.15) is 0 Å². The number of amides is 2. The summed E-state index contributed by atoms with van der Waals surface area (Å²) in [6.07, 6.45) is 1.59. The van der Waals surface area contributed by atoms with Gasteiger partial charge in [-0.15, -0.1) is 0 Å². The van der Waals surface area contributed by atoms with Crippen LogP contribution in [0.3, 0.4) is 0 Å². The van der Waals surface area contributed by atoms with E-state index >= 15 is 0 Å². The number of oxazole rings is 1. The molecule has 0 aliphatic carbocycles. The van der Waals surface area contributed by atoms with Crippen LogP contribution in [0.4, 0.5) is 0 Å². The summed E-state index contributed by atoms with van der Waals surface area (Å²) in [7, 11) is 0. The van der Waals surface area contributed by atoms with Gasteiger partial charge in [0.05, 0.1) is 12.1 Å². The van der Waals surface area contributed by atoms with Gasteiger partial charge in [-0.25, -0.2) is 4.98 Å². The average Bonchev–Trinajstić information content (AvgIpc) is 3.17. The first-order chi connectivity index (χ1) is 12.1. The number of aromatic nitrogens is 1. The third kappa shape index (κ3) is 3.16. The zero-order chi connectivity index (χ0) is 17.4. The van der Waals surface area contributed by atoms with Gasteiger partial charge in [0, 0.05) is 37.0 Å². The van der Waals surface area contributed by atoms with Gasteiger partial charge in [0.2, 0.25) is 17.7 Å². The van der Waals surface area contributed by atoms with Crippen molar-refractivity contribution in [3.63, 3.8) is 0 Å². The highest BCUT2D eigenvalue weighted by Gasteiger charge is 2.38. The smallest absolute Gasteiger partial charge is 0.228 e. The number of hydrogen-bond acceptors (Lipinski definition) is 4. The van der Waals surface area contributed by atoms with Crippen molar-refractivity contribution in [3.05, 3.63) is 41.8 Å². The van der Waals surface area contributed by atoms with Crippen molar-refractivity contribution in [1.82, 2.24) is 15.2 Å². The molecule has 1 N–H and O–H groups in total. The Kier molecular flexibility index (Phi) is 4.03. The standard InChI is InChI=1S/C19H21N3O3/c1-12-16(21-19(25-12)13-5-3-2-4-6-13)10-18(24)22-8-7-15-14(11-22)9-17(23)20-15/h2-6,14-15H,7-11H2,1H3,(H,20,23)/t14-,15+/m1/s1. The number of likely N-dealkylation sites (tertiary alicyclic amines) is 1. The van der Waals surface area contributed by atoms with Crippen LogP contribution in [0.15, 0.2) is 34.7 Å². The van der Waals surface area contributed by atoms with Crippen molar-refractivity contribution in [2.45, 2.75) is 32.2 Å². The predicted molar refractivity (Wildman–Crippen MR) is 91.6 cm³/mol. The average molecular weight is 339 g/mol. The number of hydrogen-bond donors (Lipinski definition) is 1. The zero-order valence-electron chi connectivity index (χ0n) is 14.2. The Morgan fingerprint density at radius 2 is 2.16 bits per heavy atom. The molecule has 0 saturated carbocycles. The van der Waals surface area contributed by atoms with Crippen LogP contribution in [0.2, 0.25) is 0 Å². The fraction of sp³-hybridized carbons (Fsp3) is 0.421. The maximum Gasteiger partial charge on any atom is 0.228 e. The Balaban J connectivity index is 1.45. The highest BCUT2D eigenvalue weighted by molar-refractivity contribution is 5.81. The van der Waals surface area contributed by atoms with E-state index < -0.39 is 0 Å². The van der Waals surface area contributed by atoms with E-state index in [-0.39, 0.29) is 30.2 Å². The molecule has 0 radical (unpaired) electrons. The highest BCUT2D eigenvalue weighted by Crippen LogP contribution is 2.26. The summed E-state index contributed by atoms with van der Waals surface area (Å²) in [6.45, 7) is 3.17. The second kappa shape index (κ2) is 6.35. The fourth-order valence-electron chi connectivity index (χ4n) is 3.71. The van der Waals surface area contributed by atoms with E-state index in [0.29, 0.717) is 36.9 Å². The minimum atomic E-state index is 0.0498. The summed E-state index contributed by atoms with van der Waals surface area (Å²) in [5.41, 5.74) is 1.59. The van der Waals surface area contributed by atoms with Crippen LogP contribution in [0, 0.1) is 12.8 Å². The lowest BCUT2D eigenvalue weighted by Gasteiger charge is -2.34. The van der Waals surface area contributed by atoms with Crippen molar-refractivity contribution < 1.29 is 14.0 Å². The van der Waals surface area contributed by atoms with Crippen LogP contribution in [0.5, 0.6) is 0 Å². The van der Waals surface area contributed by atoms with Crippen molar-refractivity contribution >= 4 is 11.8 Å². The normalized spacial score (nSPS) is 22.6. The minimum absolute atomic E-state index is 0.0498. The molecule has 2 aliphatic heterocycles. The molecule has 25 heavy (non-hydrogen) atoms. The Bertz CT molecular complexity index is 800. The Morgan fingerprint density at radius 3 is 2.96 bits per heavy atom. The topological polar surface area (TPSA) is 75.4 Å². The summed E-state index contributed by atoms with van der Waals surface area (Å²) in [5.74, 6) is 1.62. The number of piperidine rings is 1. The van der Waals surface area contributed by atoms with Crippen LogP contribution < -0.4 is 5.32 Å². The molecule has 1 aromatic carbocycles.